The first-order chi connectivity index (χ1) is 9.72. The molecule has 4 atom stereocenters. The van der Waals surface area contributed by atoms with Crippen molar-refractivity contribution in [2.24, 2.45) is 5.92 Å². The average molecular weight is 279 g/mol. The van der Waals surface area contributed by atoms with E-state index in [0.717, 1.165) is 12.8 Å². The van der Waals surface area contributed by atoms with Crippen LogP contribution in [0.2, 0.25) is 0 Å². The molecule has 2 aliphatic rings. The zero-order chi connectivity index (χ0) is 14.1. The smallest absolute Gasteiger partial charge is 0.168 e. The van der Waals surface area contributed by atoms with Crippen LogP contribution in [-0.2, 0) is 11.2 Å². The first-order valence-corrected chi connectivity index (χ1v) is 7.37. The van der Waals surface area contributed by atoms with Crippen LogP contribution in [-0.4, -0.2) is 32.4 Å². The van der Waals surface area contributed by atoms with Gasteiger partial charge in [-0.3, -0.25) is 0 Å². The highest BCUT2D eigenvalue weighted by Crippen LogP contribution is 2.41. The Morgan fingerprint density at radius 1 is 1.45 bits per heavy atom. The van der Waals surface area contributed by atoms with Gasteiger partial charge in [0.05, 0.1) is 19.3 Å². The number of hydrogen-bond donors (Lipinski definition) is 1. The molecule has 0 amide bonds. The highest BCUT2D eigenvalue weighted by atomic mass is 19.1. The lowest BCUT2D eigenvalue weighted by Crippen LogP contribution is -2.40. The number of methoxy groups -OCH3 is 1. The molecule has 3 nitrogen and oxygen atoms in total. The van der Waals surface area contributed by atoms with Crippen molar-refractivity contribution in [3.63, 3.8) is 0 Å². The van der Waals surface area contributed by atoms with Crippen LogP contribution in [0.25, 0.3) is 0 Å². The quantitative estimate of drug-likeness (QED) is 0.898. The van der Waals surface area contributed by atoms with E-state index in [9.17, 15) is 4.39 Å². The van der Waals surface area contributed by atoms with Gasteiger partial charge in [-0.1, -0.05) is 12.1 Å². The zero-order valence-electron chi connectivity index (χ0n) is 12.1. The summed E-state index contributed by atoms with van der Waals surface area (Å²) < 4.78 is 25.2. The molecule has 1 aromatic carbocycles. The second-order valence-electron chi connectivity index (χ2n) is 5.81. The second kappa shape index (κ2) is 5.70. The van der Waals surface area contributed by atoms with Gasteiger partial charge in [-0.2, -0.15) is 0 Å². The van der Waals surface area contributed by atoms with Crippen LogP contribution in [0.3, 0.4) is 0 Å². The monoisotopic (exact) mass is 279 g/mol. The molecule has 2 bridgehead atoms. The molecule has 4 heteroatoms. The molecule has 2 saturated heterocycles. The maximum absolute atomic E-state index is 14.3. The fraction of sp³-hybridized carbons (Fsp3) is 0.625. The highest BCUT2D eigenvalue weighted by molar-refractivity contribution is 5.31. The summed E-state index contributed by atoms with van der Waals surface area (Å²) in [5, 5.41) is 3.35. The molecule has 2 heterocycles. The maximum atomic E-state index is 14.3. The molecule has 4 unspecified atom stereocenters. The van der Waals surface area contributed by atoms with Gasteiger partial charge in [-0.05, 0) is 44.4 Å². The molecule has 110 valence electrons. The van der Waals surface area contributed by atoms with E-state index < -0.39 is 0 Å². The number of benzene rings is 1. The first-order valence-electron chi connectivity index (χ1n) is 7.37. The van der Waals surface area contributed by atoms with Crippen molar-refractivity contribution in [2.45, 2.75) is 43.9 Å². The van der Waals surface area contributed by atoms with Crippen molar-refractivity contribution >= 4 is 0 Å². The number of fused-ring (bicyclic) bond motifs is 2. The fourth-order valence-corrected chi connectivity index (χ4v) is 3.68. The van der Waals surface area contributed by atoms with Crippen molar-refractivity contribution < 1.29 is 13.9 Å². The van der Waals surface area contributed by atoms with Crippen molar-refractivity contribution in [1.82, 2.24) is 5.32 Å². The number of rotatable bonds is 5. The van der Waals surface area contributed by atoms with Gasteiger partial charge in [-0.15, -0.1) is 0 Å². The normalized spacial score (nSPS) is 29.6. The number of hydrogen-bond acceptors (Lipinski definition) is 3. The second-order valence-corrected chi connectivity index (χ2v) is 5.81. The van der Waals surface area contributed by atoms with E-state index in [4.69, 9.17) is 9.47 Å². The van der Waals surface area contributed by atoms with Gasteiger partial charge in [0.25, 0.3) is 0 Å². The van der Waals surface area contributed by atoms with Crippen LogP contribution < -0.4 is 10.1 Å². The Hall–Kier alpha value is -1.13. The molecule has 0 aromatic heterocycles. The van der Waals surface area contributed by atoms with Gasteiger partial charge < -0.3 is 14.8 Å². The third kappa shape index (κ3) is 2.42. The summed E-state index contributed by atoms with van der Waals surface area (Å²) in [5.74, 6) is 0.574. The minimum absolute atomic E-state index is 0.237. The van der Waals surface area contributed by atoms with Gasteiger partial charge in [0, 0.05) is 12.0 Å². The van der Waals surface area contributed by atoms with Gasteiger partial charge in [0.1, 0.15) is 0 Å². The predicted octanol–water partition coefficient (Wildman–Crippen LogP) is 2.53. The van der Waals surface area contributed by atoms with E-state index in [1.165, 1.54) is 13.5 Å². The van der Waals surface area contributed by atoms with E-state index in [1.54, 1.807) is 6.07 Å². The molecule has 20 heavy (non-hydrogen) atoms. The van der Waals surface area contributed by atoms with Crippen LogP contribution in [0.4, 0.5) is 4.39 Å². The van der Waals surface area contributed by atoms with Crippen LogP contribution in [0.5, 0.6) is 5.75 Å². The summed E-state index contributed by atoms with van der Waals surface area (Å²) >= 11 is 0. The average Bonchev–Trinajstić information content (AvgIpc) is 3.09. The molecular weight excluding hydrogens is 257 g/mol. The van der Waals surface area contributed by atoms with Gasteiger partial charge in [0.15, 0.2) is 11.6 Å². The Kier molecular flexibility index (Phi) is 3.94. The number of ether oxygens (including phenoxy) is 2. The van der Waals surface area contributed by atoms with E-state index in [2.05, 4.69) is 5.32 Å². The predicted molar refractivity (Wildman–Crippen MR) is 75.5 cm³/mol. The maximum Gasteiger partial charge on any atom is 0.168 e. The summed E-state index contributed by atoms with van der Waals surface area (Å²) in [5.41, 5.74) is 0.714. The molecule has 1 aromatic rings. The van der Waals surface area contributed by atoms with Crippen molar-refractivity contribution in [3.8, 4) is 5.75 Å². The van der Waals surface area contributed by atoms with Crippen LogP contribution >= 0.6 is 0 Å². The number of halogens is 1. The van der Waals surface area contributed by atoms with E-state index >= 15 is 0 Å². The SMILES string of the molecule is CNC(Cc1cccc(OC)c1F)C1CC2CCC1O2. The molecule has 0 radical (unpaired) electrons. The van der Waals surface area contributed by atoms with E-state index in [0.29, 0.717) is 35.9 Å². The minimum atomic E-state index is -0.237. The first kappa shape index (κ1) is 13.8. The summed E-state index contributed by atoms with van der Waals surface area (Å²) in [4.78, 5) is 0. The summed E-state index contributed by atoms with van der Waals surface area (Å²) in [6.07, 6.45) is 4.89. The Morgan fingerprint density at radius 3 is 2.90 bits per heavy atom. The summed E-state index contributed by atoms with van der Waals surface area (Å²) in [6.45, 7) is 0. The Balaban J connectivity index is 1.75. The standard InChI is InChI=1S/C16H22FNO2/c1-18-13(12-9-11-6-7-14(12)20-11)8-10-4-3-5-15(19-2)16(10)17/h3-5,11-14,18H,6-9H2,1-2H3. The third-order valence-corrected chi connectivity index (χ3v) is 4.74. The summed E-state index contributed by atoms with van der Waals surface area (Å²) in [6, 6.07) is 5.61. The van der Waals surface area contributed by atoms with E-state index in [-0.39, 0.29) is 11.9 Å². The lowest BCUT2D eigenvalue weighted by molar-refractivity contribution is 0.0862. The number of likely N-dealkylation sites (N-methyl/N-ethyl adjacent to an activating group) is 1. The van der Waals surface area contributed by atoms with Crippen LogP contribution in [0, 0.1) is 11.7 Å². The third-order valence-electron chi connectivity index (χ3n) is 4.74. The molecule has 1 N–H and O–H groups in total. The van der Waals surface area contributed by atoms with Gasteiger partial charge in [0.2, 0.25) is 0 Å². The Bertz CT molecular complexity index is 480. The molecule has 3 rings (SSSR count). The summed E-state index contributed by atoms with van der Waals surface area (Å²) in [7, 11) is 3.45. The molecule has 2 aliphatic heterocycles. The van der Waals surface area contributed by atoms with Gasteiger partial charge in [-0.25, -0.2) is 4.39 Å². The number of nitrogens with one attached hydrogen (secondary N) is 1. The van der Waals surface area contributed by atoms with Gasteiger partial charge >= 0.3 is 0 Å². The van der Waals surface area contributed by atoms with Crippen LogP contribution in [0.1, 0.15) is 24.8 Å². The van der Waals surface area contributed by atoms with E-state index in [1.807, 2.05) is 19.2 Å². The largest absolute Gasteiger partial charge is 0.494 e. The Morgan fingerprint density at radius 2 is 2.30 bits per heavy atom. The molecule has 0 saturated carbocycles. The fourth-order valence-electron chi connectivity index (χ4n) is 3.68. The van der Waals surface area contributed by atoms with Crippen molar-refractivity contribution in [1.29, 1.82) is 0 Å². The van der Waals surface area contributed by atoms with Crippen molar-refractivity contribution in [2.75, 3.05) is 14.2 Å². The molecular formula is C16H22FNO2. The Labute approximate surface area is 119 Å². The lowest BCUT2D eigenvalue weighted by Gasteiger charge is -2.28. The lowest BCUT2D eigenvalue weighted by atomic mass is 9.81. The zero-order valence-corrected chi connectivity index (χ0v) is 12.1. The van der Waals surface area contributed by atoms with Crippen molar-refractivity contribution in [3.05, 3.63) is 29.6 Å². The molecule has 0 aliphatic carbocycles. The van der Waals surface area contributed by atoms with Crippen LogP contribution in [0.15, 0.2) is 18.2 Å². The minimum Gasteiger partial charge on any atom is -0.494 e. The molecule has 0 spiro atoms. The molecule has 2 fully saturated rings. The topological polar surface area (TPSA) is 30.5 Å². The highest BCUT2D eigenvalue weighted by Gasteiger charge is 2.44.